The predicted molar refractivity (Wildman–Crippen MR) is 72.5 cm³/mol. The minimum absolute atomic E-state index is 0.0135. The Hall–Kier alpha value is -1.69. The van der Waals surface area contributed by atoms with Gasteiger partial charge in [-0.25, -0.2) is 13.4 Å². The Bertz CT molecular complexity index is 611. The zero-order valence-electron chi connectivity index (χ0n) is 11.1. The van der Waals surface area contributed by atoms with E-state index in [1.54, 1.807) is 12.1 Å². The molecule has 108 valence electrons. The molecule has 0 bridgehead atoms. The zero-order valence-corrected chi connectivity index (χ0v) is 11.9. The highest BCUT2D eigenvalue weighted by atomic mass is 32.2. The molecular weight excluding hydrogens is 280 g/mol. The number of nitriles is 1. The fourth-order valence-electron chi connectivity index (χ4n) is 1.97. The van der Waals surface area contributed by atoms with E-state index in [1.165, 1.54) is 10.5 Å². The lowest BCUT2D eigenvalue weighted by Gasteiger charge is -2.29. The van der Waals surface area contributed by atoms with Gasteiger partial charge in [0.1, 0.15) is 0 Å². The second-order valence-electron chi connectivity index (χ2n) is 4.24. The molecule has 1 aliphatic rings. The van der Waals surface area contributed by atoms with Crippen LogP contribution in [0.4, 0.5) is 5.69 Å². The standard InChI is InChI=1S/C12H16N4O3S/c1-2-14-11-4-3-5-15-12(11)20(17,18)16-6-7-19-10(8-13)9-16/h3-5,10,14H,2,6-7,9H2,1H3. The van der Waals surface area contributed by atoms with Crippen LogP contribution in [0.5, 0.6) is 0 Å². The number of nitrogens with one attached hydrogen (secondary N) is 1. The minimum Gasteiger partial charge on any atom is -0.383 e. The topological polar surface area (TPSA) is 95.3 Å². The lowest BCUT2D eigenvalue weighted by Crippen LogP contribution is -2.45. The van der Waals surface area contributed by atoms with Crippen LogP contribution in [0.3, 0.4) is 0 Å². The van der Waals surface area contributed by atoms with Crippen LogP contribution in [0, 0.1) is 11.3 Å². The van der Waals surface area contributed by atoms with Crippen molar-refractivity contribution < 1.29 is 13.2 Å². The molecule has 8 heteroatoms. The summed E-state index contributed by atoms with van der Waals surface area (Å²) in [5, 5.41) is 11.8. The molecule has 1 aromatic rings. The van der Waals surface area contributed by atoms with Gasteiger partial charge in [-0.1, -0.05) is 0 Å². The SMILES string of the molecule is CCNc1cccnc1S(=O)(=O)N1CCOC(C#N)C1. The summed E-state index contributed by atoms with van der Waals surface area (Å²) >= 11 is 0. The molecule has 2 rings (SSSR count). The van der Waals surface area contributed by atoms with Gasteiger partial charge in [0, 0.05) is 19.3 Å². The van der Waals surface area contributed by atoms with Crippen LogP contribution in [0.1, 0.15) is 6.92 Å². The summed E-state index contributed by atoms with van der Waals surface area (Å²) in [5.41, 5.74) is 0.468. The molecule has 2 heterocycles. The van der Waals surface area contributed by atoms with Crippen LogP contribution in [0.15, 0.2) is 23.4 Å². The van der Waals surface area contributed by atoms with Crippen molar-refractivity contribution in [3.8, 4) is 6.07 Å². The third-order valence-electron chi connectivity index (χ3n) is 2.90. The number of sulfonamides is 1. The van der Waals surface area contributed by atoms with Crippen LogP contribution in [-0.2, 0) is 14.8 Å². The van der Waals surface area contributed by atoms with E-state index >= 15 is 0 Å². The number of anilines is 1. The van der Waals surface area contributed by atoms with Crippen LogP contribution in [0.25, 0.3) is 0 Å². The van der Waals surface area contributed by atoms with Crippen molar-refractivity contribution in [3.05, 3.63) is 18.3 Å². The van der Waals surface area contributed by atoms with Gasteiger partial charge in [-0.05, 0) is 19.1 Å². The summed E-state index contributed by atoms with van der Waals surface area (Å²) in [6, 6.07) is 5.28. The number of pyridine rings is 1. The van der Waals surface area contributed by atoms with Crippen molar-refractivity contribution in [2.24, 2.45) is 0 Å². The second-order valence-corrected chi connectivity index (χ2v) is 6.09. The smallest absolute Gasteiger partial charge is 0.262 e. The van der Waals surface area contributed by atoms with Gasteiger partial charge in [-0.3, -0.25) is 0 Å². The normalized spacial score (nSPS) is 20.3. The monoisotopic (exact) mass is 296 g/mol. The number of rotatable bonds is 4. The van der Waals surface area contributed by atoms with Gasteiger partial charge in [0.25, 0.3) is 10.0 Å². The largest absolute Gasteiger partial charge is 0.383 e. The average Bonchev–Trinajstić information content (AvgIpc) is 2.48. The van der Waals surface area contributed by atoms with Gasteiger partial charge in [-0.15, -0.1) is 0 Å². The molecule has 0 aromatic carbocycles. The Morgan fingerprint density at radius 3 is 3.15 bits per heavy atom. The molecule has 0 amide bonds. The Labute approximate surface area is 118 Å². The molecule has 0 radical (unpaired) electrons. The van der Waals surface area contributed by atoms with Gasteiger partial charge in [0.05, 0.1) is 24.9 Å². The molecule has 0 spiro atoms. The summed E-state index contributed by atoms with van der Waals surface area (Å²) < 4.78 is 31.6. The first-order chi connectivity index (χ1) is 9.59. The van der Waals surface area contributed by atoms with Crippen molar-refractivity contribution in [1.29, 1.82) is 5.26 Å². The molecule has 0 aliphatic carbocycles. The average molecular weight is 296 g/mol. The van der Waals surface area contributed by atoms with Crippen LogP contribution < -0.4 is 5.32 Å². The molecule has 1 aromatic heterocycles. The van der Waals surface area contributed by atoms with Crippen LogP contribution >= 0.6 is 0 Å². The summed E-state index contributed by atoms with van der Waals surface area (Å²) in [6.07, 6.45) is 0.709. The number of aromatic nitrogens is 1. The van der Waals surface area contributed by atoms with Gasteiger partial charge in [0.15, 0.2) is 11.1 Å². The highest BCUT2D eigenvalue weighted by Crippen LogP contribution is 2.23. The first kappa shape index (κ1) is 14.7. The van der Waals surface area contributed by atoms with E-state index in [0.29, 0.717) is 12.2 Å². The maximum Gasteiger partial charge on any atom is 0.262 e. The molecule has 1 N–H and O–H groups in total. The highest BCUT2D eigenvalue weighted by Gasteiger charge is 2.33. The Balaban J connectivity index is 2.33. The number of hydrogen-bond donors (Lipinski definition) is 1. The van der Waals surface area contributed by atoms with E-state index in [2.05, 4.69) is 10.3 Å². The van der Waals surface area contributed by atoms with E-state index in [1.807, 2.05) is 13.0 Å². The van der Waals surface area contributed by atoms with Gasteiger partial charge < -0.3 is 10.1 Å². The summed E-state index contributed by atoms with van der Waals surface area (Å²) in [6.45, 7) is 2.94. The Morgan fingerprint density at radius 1 is 1.65 bits per heavy atom. The number of ether oxygens (including phenoxy) is 1. The molecule has 1 atom stereocenters. The van der Waals surface area contributed by atoms with E-state index in [0.717, 1.165) is 0 Å². The third kappa shape index (κ3) is 2.90. The first-order valence-corrected chi connectivity index (χ1v) is 7.74. The third-order valence-corrected chi connectivity index (χ3v) is 4.72. The van der Waals surface area contributed by atoms with Crippen LogP contribution in [0.2, 0.25) is 0 Å². The lowest BCUT2D eigenvalue weighted by molar-refractivity contribution is 0.0311. The van der Waals surface area contributed by atoms with E-state index in [9.17, 15) is 8.42 Å². The summed E-state index contributed by atoms with van der Waals surface area (Å²) in [5.74, 6) is 0. The van der Waals surface area contributed by atoms with Crippen molar-refractivity contribution in [2.45, 2.75) is 18.1 Å². The van der Waals surface area contributed by atoms with E-state index < -0.39 is 16.1 Å². The van der Waals surface area contributed by atoms with Crippen molar-refractivity contribution >= 4 is 15.7 Å². The van der Waals surface area contributed by atoms with Crippen LogP contribution in [-0.4, -0.2) is 50.1 Å². The predicted octanol–water partition coefficient (Wildman–Crippen LogP) is 0.426. The van der Waals surface area contributed by atoms with Crippen molar-refractivity contribution in [2.75, 3.05) is 31.6 Å². The van der Waals surface area contributed by atoms with E-state index in [-0.39, 0.29) is 24.7 Å². The molecular formula is C12H16N4O3S. The zero-order chi connectivity index (χ0) is 14.6. The summed E-state index contributed by atoms with van der Waals surface area (Å²) in [4.78, 5) is 3.98. The molecule has 7 nitrogen and oxygen atoms in total. The lowest BCUT2D eigenvalue weighted by atomic mass is 10.3. The Kier molecular flexibility index (Phi) is 4.54. The molecule has 1 saturated heterocycles. The number of morpholine rings is 1. The quantitative estimate of drug-likeness (QED) is 0.865. The molecule has 1 unspecified atom stereocenters. The number of hydrogen-bond acceptors (Lipinski definition) is 6. The minimum atomic E-state index is -3.73. The summed E-state index contributed by atoms with van der Waals surface area (Å²) in [7, 11) is -3.73. The van der Waals surface area contributed by atoms with Gasteiger partial charge >= 0.3 is 0 Å². The number of nitrogens with zero attached hydrogens (tertiary/aromatic N) is 3. The van der Waals surface area contributed by atoms with Gasteiger partial charge in [0.2, 0.25) is 0 Å². The maximum absolute atomic E-state index is 12.6. The van der Waals surface area contributed by atoms with Gasteiger partial charge in [-0.2, -0.15) is 9.57 Å². The molecule has 0 saturated carbocycles. The molecule has 20 heavy (non-hydrogen) atoms. The first-order valence-electron chi connectivity index (χ1n) is 6.30. The fraction of sp³-hybridized carbons (Fsp3) is 0.500. The van der Waals surface area contributed by atoms with Crippen molar-refractivity contribution in [3.63, 3.8) is 0 Å². The Morgan fingerprint density at radius 2 is 2.45 bits per heavy atom. The van der Waals surface area contributed by atoms with Crippen molar-refractivity contribution in [1.82, 2.24) is 9.29 Å². The maximum atomic E-state index is 12.6. The second kappa shape index (κ2) is 6.17. The van der Waals surface area contributed by atoms with E-state index in [4.69, 9.17) is 10.00 Å². The molecule has 1 fully saturated rings. The molecule has 1 aliphatic heterocycles. The highest BCUT2D eigenvalue weighted by molar-refractivity contribution is 7.89. The fourth-order valence-corrected chi connectivity index (χ4v) is 3.47.